The number of ether oxygens (including phenoxy) is 3. The van der Waals surface area contributed by atoms with E-state index in [1.54, 1.807) is 18.2 Å². The summed E-state index contributed by atoms with van der Waals surface area (Å²) >= 11 is 0. The number of benzene rings is 3. The largest absolute Gasteiger partial charge is 0.493 e. The van der Waals surface area contributed by atoms with E-state index in [0.29, 0.717) is 28.5 Å². The highest BCUT2D eigenvalue weighted by Crippen LogP contribution is 2.52. The quantitative estimate of drug-likeness (QED) is 0.249. The van der Waals surface area contributed by atoms with Crippen LogP contribution in [0, 0.1) is 16.0 Å². The molecule has 0 spiro atoms. The maximum Gasteiger partial charge on any atom is 0.271 e. The van der Waals surface area contributed by atoms with Crippen LogP contribution in [0.2, 0.25) is 0 Å². The number of carbonyl (C=O) groups is 2. The molecule has 2 fully saturated rings. The summed E-state index contributed by atoms with van der Waals surface area (Å²) in [5.74, 6) is -0.853. The fourth-order valence-electron chi connectivity index (χ4n) is 5.03. The number of non-ortho nitro benzene ring substituents is 1. The number of anilines is 1. The van der Waals surface area contributed by atoms with Gasteiger partial charge in [0, 0.05) is 17.7 Å². The normalized spacial score (nSPS) is 20.4. The highest BCUT2D eigenvalue weighted by molar-refractivity contribution is 6.07. The number of likely N-dealkylation sites (tertiary alicyclic amines) is 1. The molecule has 2 saturated heterocycles. The molecule has 0 unspecified atom stereocenters. The van der Waals surface area contributed by atoms with Crippen molar-refractivity contribution >= 4 is 23.2 Å². The summed E-state index contributed by atoms with van der Waals surface area (Å²) < 4.78 is 16.6. The second-order valence-corrected chi connectivity index (χ2v) is 8.77. The van der Waals surface area contributed by atoms with Crippen molar-refractivity contribution in [3.8, 4) is 17.2 Å². The molecule has 2 amide bonds. The Bertz CT molecular complexity index is 1400. The number of nitro groups is 1. The minimum atomic E-state index is -1.13. The summed E-state index contributed by atoms with van der Waals surface area (Å²) in [4.78, 5) is 45.5. The molecule has 0 saturated carbocycles. The molecule has 0 aromatic heterocycles. The van der Waals surface area contributed by atoms with Gasteiger partial charge in [0.1, 0.15) is 12.0 Å². The smallest absolute Gasteiger partial charge is 0.271 e. The Morgan fingerprint density at radius 3 is 2.29 bits per heavy atom. The molecular formula is C27H25N3O8. The lowest BCUT2D eigenvalue weighted by Gasteiger charge is -2.30. The summed E-state index contributed by atoms with van der Waals surface area (Å²) in [6, 6.07) is 17.5. The summed E-state index contributed by atoms with van der Waals surface area (Å²) in [5.41, 5.74) is 1.44. The third-order valence-electron chi connectivity index (χ3n) is 6.74. The van der Waals surface area contributed by atoms with Crippen LogP contribution in [0.25, 0.3) is 0 Å². The summed E-state index contributed by atoms with van der Waals surface area (Å²) in [6.07, 6.45) is -1.13. The number of nitro benzene ring substituents is 1. The summed E-state index contributed by atoms with van der Waals surface area (Å²) in [6.45, 7) is 0.0987. The van der Waals surface area contributed by atoms with Crippen molar-refractivity contribution in [1.29, 1.82) is 0 Å². The average Bonchev–Trinajstić information content (AvgIpc) is 3.44. The third-order valence-corrected chi connectivity index (χ3v) is 6.74. The molecule has 0 bridgehead atoms. The second-order valence-electron chi connectivity index (χ2n) is 8.77. The van der Waals surface area contributed by atoms with Crippen LogP contribution in [0.3, 0.4) is 0 Å². The number of imide groups is 1. The first-order valence-electron chi connectivity index (χ1n) is 11.8. The van der Waals surface area contributed by atoms with Crippen molar-refractivity contribution in [2.24, 2.45) is 5.92 Å². The summed E-state index contributed by atoms with van der Waals surface area (Å²) in [5, 5.41) is 12.8. The van der Waals surface area contributed by atoms with E-state index in [-0.39, 0.29) is 12.2 Å². The first-order chi connectivity index (χ1) is 18.4. The maximum absolute atomic E-state index is 13.8. The maximum atomic E-state index is 13.8. The Morgan fingerprint density at radius 2 is 1.63 bits per heavy atom. The Labute approximate surface area is 218 Å². The number of fused-ring (bicyclic) bond motifs is 1. The molecule has 3 aromatic rings. The fourth-order valence-corrected chi connectivity index (χ4v) is 5.03. The second kappa shape index (κ2) is 10.0. The number of carbonyl (C=O) groups excluding carboxylic acids is 2. The van der Waals surface area contributed by atoms with Gasteiger partial charge in [-0.3, -0.25) is 29.4 Å². The summed E-state index contributed by atoms with van der Waals surface area (Å²) in [7, 11) is 4.40. The number of hydroxylamine groups is 1. The molecule has 5 rings (SSSR count). The predicted molar refractivity (Wildman–Crippen MR) is 135 cm³/mol. The Balaban J connectivity index is 1.63. The van der Waals surface area contributed by atoms with E-state index in [9.17, 15) is 19.7 Å². The van der Waals surface area contributed by atoms with E-state index < -0.39 is 34.8 Å². The van der Waals surface area contributed by atoms with Gasteiger partial charge in [-0.1, -0.05) is 36.4 Å². The van der Waals surface area contributed by atoms with E-state index >= 15 is 0 Å². The standard InChI is InChI=1S/C27H25N3O8/c1-35-20-13-12-19(23(36-2)24(20)37-3)22-21-25(38-29(22)17-10-7-11-18(14-17)30(33)34)27(32)28(26(21)31)15-16-8-5-4-6-9-16/h4-14,21-22,25H,15H2,1-3H3/t21-,22+,25-/m1/s1. The van der Waals surface area contributed by atoms with Crippen LogP contribution in [0.5, 0.6) is 17.2 Å². The van der Waals surface area contributed by atoms with Crippen LogP contribution in [0.1, 0.15) is 17.2 Å². The van der Waals surface area contributed by atoms with Crippen LogP contribution in [0.15, 0.2) is 66.7 Å². The molecule has 2 aliphatic rings. The van der Waals surface area contributed by atoms with Gasteiger partial charge in [-0.05, 0) is 23.8 Å². The Morgan fingerprint density at radius 1 is 0.895 bits per heavy atom. The fraction of sp³-hybridized carbons (Fsp3) is 0.259. The van der Waals surface area contributed by atoms with Gasteiger partial charge >= 0.3 is 0 Å². The molecule has 0 radical (unpaired) electrons. The van der Waals surface area contributed by atoms with Crippen molar-refractivity contribution in [3.63, 3.8) is 0 Å². The number of amides is 2. The molecule has 0 N–H and O–H groups in total. The molecule has 11 heteroatoms. The minimum Gasteiger partial charge on any atom is -0.493 e. The van der Waals surface area contributed by atoms with E-state index in [1.165, 1.54) is 49.5 Å². The lowest BCUT2D eigenvalue weighted by molar-refractivity contribution is -0.384. The van der Waals surface area contributed by atoms with Crippen LogP contribution in [-0.2, 0) is 21.0 Å². The van der Waals surface area contributed by atoms with Gasteiger partial charge in [-0.25, -0.2) is 5.06 Å². The van der Waals surface area contributed by atoms with Crippen LogP contribution < -0.4 is 19.3 Å². The lowest BCUT2D eigenvalue weighted by atomic mass is 9.89. The van der Waals surface area contributed by atoms with Gasteiger partial charge in [0.2, 0.25) is 11.7 Å². The van der Waals surface area contributed by atoms with Crippen molar-refractivity contribution in [3.05, 3.63) is 88.0 Å². The zero-order valence-corrected chi connectivity index (χ0v) is 20.9. The number of hydrogen-bond donors (Lipinski definition) is 0. The van der Waals surface area contributed by atoms with Gasteiger partial charge in [0.15, 0.2) is 17.6 Å². The molecule has 2 aliphatic heterocycles. The molecule has 2 heterocycles. The third kappa shape index (κ3) is 4.06. The first-order valence-corrected chi connectivity index (χ1v) is 11.8. The van der Waals surface area contributed by atoms with E-state index in [2.05, 4.69) is 0 Å². The molecular weight excluding hydrogens is 494 g/mol. The number of hydrogen-bond acceptors (Lipinski definition) is 9. The van der Waals surface area contributed by atoms with Crippen LogP contribution in [0.4, 0.5) is 11.4 Å². The SMILES string of the molecule is COc1ccc([C@H]2[C@H]3C(=O)N(Cc4ccccc4)C(=O)[C@@H]3ON2c2cccc([N+](=O)[O-])c2)c(OC)c1OC. The lowest BCUT2D eigenvalue weighted by Crippen LogP contribution is -2.37. The van der Waals surface area contributed by atoms with E-state index in [0.717, 1.165) is 5.56 Å². The zero-order valence-electron chi connectivity index (χ0n) is 20.9. The van der Waals surface area contributed by atoms with Crippen molar-refractivity contribution in [1.82, 2.24) is 4.90 Å². The van der Waals surface area contributed by atoms with Gasteiger partial charge in [0.05, 0.1) is 38.5 Å². The number of rotatable bonds is 8. The number of methoxy groups -OCH3 is 3. The van der Waals surface area contributed by atoms with Crippen LogP contribution in [-0.4, -0.2) is 49.1 Å². The topological polar surface area (TPSA) is 121 Å². The van der Waals surface area contributed by atoms with Crippen LogP contribution >= 0.6 is 0 Å². The van der Waals surface area contributed by atoms with E-state index in [1.807, 2.05) is 30.3 Å². The Kier molecular flexibility index (Phi) is 6.60. The van der Waals surface area contributed by atoms with Gasteiger partial charge in [-0.2, -0.15) is 0 Å². The predicted octanol–water partition coefficient (Wildman–Crippen LogP) is 3.67. The van der Waals surface area contributed by atoms with Gasteiger partial charge < -0.3 is 14.2 Å². The molecule has 0 aliphatic carbocycles. The van der Waals surface area contributed by atoms with Crippen molar-refractivity contribution in [2.45, 2.75) is 18.7 Å². The monoisotopic (exact) mass is 519 g/mol. The zero-order chi connectivity index (χ0) is 27.0. The minimum absolute atomic E-state index is 0.0987. The van der Waals surface area contributed by atoms with Crippen molar-refractivity contribution < 1.29 is 33.6 Å². The van der Waals surface area contributed by atoms with Gasteiger partial charge in [-0.15, -0.1) is 0 Å². The molecule has 38 heavy (non-hydrogen) atoms. The highest BCUT2D eigenvalue weighted by Gasteiger charge is 2.60. The number of nitrogens with zero attached hydrogens (tertiary/aromatic N) is 3. The first kappa shape index (κ1) is 25.0. The van der Waals surface area contributed by atoms with Crippen molar-refractivity contribution in [2.75, 3.05) is 26.4 Å². The molecule has 11 nitrogen and oxygen atoms in total. The average molecular weight is 520 g/mol. The molecule has 196 valence electrons. The molecule has 3 atom stereocenters. The highest BCUT2D eigenvalue weighted by atomic mass is 16.7. The van der Waals surface area contributed by atoms with E-state index in [4.69, 9.17) is 19.0 Å². The molecule has 3 aromatic carbocycles. The van der Waals surface area contributed by atoms with Gasteiger partial charge in [0.25, 0.3) is 11.6 Å². The Hall–Kier alpha value is -4.64.